The van der Waals surface area contributed by atoms with Gasteiger partial charge in [-0.1, -0.05) is 19.8 Å². The van der Waals surface area contributed by atoms with Crippen LogP contribution in [0.25, 0.3) is 0 Å². The molecule has 3 N–H and O–H groups in total. The lowest BCUT2D eigenvalue weighted by atomic mass is 9.67. The van der Waals surface area contributed by atoms with Crippen LogP contribution in [-0.2, 0) is 4.79 Å². The molecular weight excluding hydrogens is 483 g/mol. The number of aliphatic hydroxyl groups excluding tert-OH is 1. The molecule has 5 fully saturated rings. The van der Waals surface area contributed by atoms with Crippen LogP contribution in [0.3, 0.4) is 0 Å². The van der Waals surface area contributed by atoms with Crippen molar-refractivity contribution in [3.63, 3.8) is 0 Å². The van der Waals surface area contributed by atoms with Crippen molar-refractivity contribution >= 4 is 5.91 Å². The highest BCUT2D eigenvalue weighted by molar-refractivity contribution is 5.82. The second-order valence-electron chi connectivity index (χ2n) is 12.9. The van der Waals surface area contributed by atoms with Crippen molar-refractivity contribution in [2.45, 2.75) is 95.7 Å². The molecule has 7 nitrogen and oxygen atoms in total. The van der Waals surface area contributed by atoms with Gasteiger partial charge in [0.05, 0.1) is 24.9 Å². The first-order valence-electron chi connectivity index (χ1n) is 14.5. The third kappa shape index (κ3) is 5.69. The molecule has 2 aliphatic carbocycles. The molecule has 0 aromatic rings. The number of hydrazine groups is 1. The normalized spacial score (nSPS) is 41.8. The fourth-order valence-electron chi connectivity index (χ4n) is 8.28. The number of rotatable bonds is 6. The third-order valence-corrected chi connectivity index (χ3v) is 10.7. The largest absolute Gasteiger partial charge is 0.392 e. The molecule has 5 rings (SSSR count). The average molecular weight is 530 g/mol. The van der Waals surface area contributed by atoms with Crippen LogP contribution in [0, 0.1) is 35.5 Å². The number of fused-ring (bicyclic) bond motifs is 1. The maximum absolute atomic E-state index is 14.3. The van der Waals surface area contributed by atoms with Crippen LogP contribution in [0.2, 0.25) is 0 Å². The van der Waals surface area contributed by atoms with E-state index in [1.54, 1.807) is 0 Å². The summed E-state index contributed by atoms with van der Waals surface area (Å²) in [6, 6.07) is 0.00621. The topological polar surface area (TPSA) is 71.1 Å². The fraction of sp³-hybridized carbons (Fsp3) is 0.963. The number of nitrogens with one attached hydrogen (secondary N) is 2. The van der Waals surface area contributed by atoms with Gasteiger partial charge in [0.2, 0.25) is 5.91 Å². The Labute approximate surface area is 219 Å². The second-order valence-corrected chi connectivity index (χ2v) is 12.9. The minimum absolute atomic E-state index is 0.0303. The van der Waals surface area contributed by atoms with E-state index in [1.807, 2.05) is 11.8 Å². The van der Waals surface area contributed by atoms with Crippen molar-refractivity contribution in [2.24, 2.45) is 35.5 Å². The minimum atomic E-state index is -4.29. The Morgan fingerprint density at radius 3 is 2.51 bits per heavy atom. The van der Waals surface area contributed by atoms with Gasteiger partial charge in [0.1, 0.15) is 0 Å². The number of hydrogen-bond donors (Lipinski definition) is 3. The molecule has 3 aliphatic heterocycles. The van der Waals surface area contributed by atoms with Crippen LogP contribution in [0.15, 0.2) is 0 Å². The number of halogens is 3. The molecule has 10 heteroatoms. The van der Waals surface area contributed by atoms with Crippen molar-refractivity contribution < 1.29 is 23.1 Å². The summed E-state index contributed by atoms with van der Waals surface area (Å²) in [6.45, 7) is 6.59. The third-order valence-electron chi connectivity index (χ3n) is 10.7. The zero-order chi connectivity index (χ0) is 26.5. The van der Waals surface area contributed by atoms with Crippen LogP contribution < -0.4 is 10.9 Å². The average Bonchev–Trinajstić information content (AvgIpc) is 3.56. The van der Waals surface area contributed by atoms with Gasteiger partial charge < -0.3 is 10.0 Å². The van der Waals surface area contributed by atoms with E-state index in [0.29, 0.717) is 37.8 Å². The molecule has 5 aliphatic rings. The Morgan fingerprint density at radius 1 is 1.08 bits per heavy atom. The van der Waals surface area contributed by atoms with E-state index < -0.39 is 30.0 Å². The summed E-state index contributed by atoms with van der Waals surface area (Å²) < 4.78 is 43.0. The molecule has 2 saturated carbocycles. The summed E-state index contributed by atoms with van der Waals surface area (Å²) in [5.74, 6) is -1.82. The van der Waals surface area contributed by atoms with E-state index in [9.17, 15) is 23.1 Å². The Kier molecular flexibility index (Phi) is 8.14. The molecular formula is C27H46F3N5O2. The lowest BCUT2D eigenvalue weighted by Gasteiger charge is -2.42. The number of β-amino-alcohol motifs (C(OH)–C–C–N with tert-alkyl or cyclic N) is 1. The molecule has 0 spiro atoms. The number of aliphatic hydroxyl groups is 1. The van der Waals surface area contributed by atoms with Gasteiger partial charge in [0.15, 0.2) is 0 Å². The van der Waals surface area contributed by atoms with Crippen molar-refractivity contribution in [1.29, 1.82) is 0 Å². The van der Waals surface area contributed by atoms with Gasteiger partial charge in [0.25, 0.3) is 0 Å². The monoisotopic (exact) mass is 529 g/mol. The number of carbonyl (C=O) groups is 1. The highest BCUT2D eigenvalue weighted by Gasteiger charge is 2.58. The number of hydrogen-bond acceptors (Lipinski definition) is 6. The van der Waals surface area contributed by atoms with Crippen molar-refractivity contribution in [3.05, 3.63) is 0 Å². The van der Waals surface area contributed by atoms with Gasteiger partial charge in [-0.05, 0) is 76.2 Å². The van der Waals surface area contributed by atoms with E-state index in [2.05, 4.69) is 34.6 Å². The standard InChI is InChI=1S/C27H46F3N5O2/c1-16(9-25-32-31-15-33(25)3)18-5-4-6-20(10-18)35-14-23-22(26(35)37)11-19(12-24(23)27(28,29)30)17(2)34-8-7-21(36)13-34/h16-25,31-32,36H,4-15H2,1-3H3/t16-,17?,18?,19?,20?,21+,22?,23?,24?,25?/m1/s1. The molecule has 0 aromatic heterocycles. The van der Waals surface area contributed by atoms with Crippen LogP contribution in [0.5, 0.6) is 0 Å². The molecule has 0 radical (unpaired) electrons. The van der Waals surface area contributed by atoms with Gasteiger partial charge in [-0.25, -0.2) is 10.9 Å². The molecule has 3 heterocycles. The lowest BCUT2D eigenvalue weighted by Crippen LogP contribution is -2.47. The highest BCUT2D eigenvalue weighted by Crippen LogP contribution is 2.52. The zero-order valence-electron chi connectivity index (χ0n) is 22.6. The van der Waals surface area contributed by atoms with Crippen molar-refractivity contribution in [3.8, 4) is 0 Å². The minimum Gasteiger partial charge on any atom is -0.392 e. The maximum atomic E-state index is 14.3. The van der Waals surface area contributed by atoms with E-state index >= 15 is 0 Å². The second kappa shape index (κ2) is 10.9. The highest BCUT2D eigenvalue weighted by atomic mass is 19.4. The molecule has 1 amide bonds. The summed E-state index contributed by atoms with van der Waals surface area (Å²) in [5, 5.41) is 9.96. The Balaban J connectivity index is 1.27. The first-order chi connectivity index (χ1) is 17.5. The lowest BCUT2D eigenvalue weighted by molar-refractivity contribution is -0.205. The van der Waals surface area contributed by atoms with Gasteiger partial charge in [-0.3, -0.25) is 14.6 Å². The van der Waals surface area contributed by atoms with E-state index in [0.717, 1.165) is 38.8 Å². The summed E-state index contributed by atoms with van der Waals surface area (Å²) in [7, 11) is 2.09. The first kappa shape index (κ1) is 27.6. The Morgan fingerprint density at radius 2 is 1.86 bits per heavy atom. The van der Waals surface area contributed by atoms with E-state index in [4.69, 9.17) is 0 Å². The van der Waals surface area contributed by atoms with Crippen LogP contribution in [0.1, 0.15) is 65.2 Å². The number of carbonyl (C=O) groups excluding carboxylic acids is 1. The summed E-state index contributed by atoms with van der Waals surface area (Å²) in [4.78, 5) is 20.0. The zero-order valence-corrected chi connectivity index (χ0v) is 22.6. The summed E-state index contributed by atoms with van der Waals surface area (Å²) in [5.41, 5.74) is 6.51. The first-order valence-corrected chi connectivity index (χ1v) is 14.5. The van der Waals surface area contributed by atoms with Crippen LogP contribution in [-0.4, -0.2) is 89.6 Å². The molecule has 212 valence electrons. The van der Waals surface area contributed by atoms with Crippen molar-refractivity contribution in [1.82, 2.24) is 25.6 Å². The fourth-order valence-corrected chi connectivity index (χ4v) is 8.28. The molecule has 8 unspecified atom stereocenters. The molecule has 37 heavy (non-hydrogen) atoms. The Bertz CT molecular complexity index is 815. The van der Waals surface area contributed by atoms with Gasteiger partial charge >= 0.3 is 6.18 Å². The molecule has 3 saturated heterocycles. The number of nitrogens with zero attached hydrogens (tertiary/aromatic N) is 3. The van der Waals surface area contributed by atoms with Crippen molar-refractivity contribution in [2.75, 3.05) is 33.4 Å². The number of likely N-dealkylation sites (tertiary alicyclic amines) is 2. The van der Waals surface area contributed by atoms with Gasteiger partial charge in [0, 0.05) is 37.6 Å². The van der Waals surface area contributed by atoms with Gasteiger partial charge in [-0.2, -0.15) is 13.2 Å². The van der Waals surface area contributed by atoms with E-state index in [1.165, 1.54) is 0 Å². The predicted molar refractivity (Wildman–Crippen MR) is 135 cm³/mol. The molecule has 0 aromatic carbocycles. The number of amides is 1. The number of alkyl halides is 3. The van der Waals surface area contributed by atoms with Crippen LogP contribution >= 0.6 is 0 Å². The predicted octanol–water partition coefficient (Wildman–Crippen LogP) is 3.01. The smallest absolute Gasteiger partial charge is 0.392 e. The molecule has 10 atom stereocenters. The summed E-state index contributed by atoms with van der Waals surface area (Å²) >= 11 is 0. The quantitative estimate of drug-likeness (QED) is 0.492. The maximum Gasteiger partial charge on any atom is 0.392 e. The van der Waals surface area contributed by atoms with E-state index in [-0.39, 0.29) is 43.0 Å². The molecule has 0 bridgehead atoms. The van der Waals surface area contributed by atoms with Gasteiger partial charge in [-0.15, -0.1) is 0 Å². The SMILES string of the molecule is CC(C1CC2C(=O)N(C3CCCC([C@H](C)CC4NNCN4C)C3)CC2C(C(F)(F)F)C1)N1CC[C@H](O)C1. The Hall–Kier alpha value is -0.940. The van der Waals surface area contributed by atoms with Crippen LogP contribution in [0.4, 0.5) is 13.2 Å². The summed E-state index contributed by atoms with van der Waals surface area (Å²) in [6.07, 6.45) is 1.88.